The van der Waals surface area contributed by atoms with Crippen LogP contribution in [0.5, 0.6) is 0 Å². The molecule has 0 fully saturated rings. The standard InChI is InChI=1S/C14H10ClFN4O2S/c1-23(22)9-3-2-6-17-13(9)20-12(11(15)14(21)19-20)8-4-5-10(16)18-7-8/h2-7H,1H3,(H,19,21). The summed E-state index contributed by atoms with van der Waals surface area (Å²) in [5, 5.41) is 2.46. The number of hydrogen-bond donors (Lipinski definition) is 1. The van der Waals surface area contributed by atoms with Gasteiger partial charge in [0.2, 0.25) is 5.95 Å². The van der Waals surface area contributed by atoms with E-state index in [9.17, 15) is 13.4 Å². The van der Waals surface area contributed by atoms with Crippen LogP contribution in [0.4, 0.5) is 4.39 Å². The van der Waals surface area contributed by atoms with Gasteiger partial charge in [-0.2, -0.15) is 4.39 Å². The fraction of sp³-hybridized carbons (Fsp3) is 0.0714. The number of pyridine rings is 2. The summed E-state index contributed by atoms with van der Waals surface area (Å²) in [7, 11) is -1.33. The maximum Gasteiger partial charge on any atom is 0.283 e. The van der Waals surface area contributed by atoms with Gasteiger partial charge in [0, 0.05) is 24.2 Å². The van der Waals surface area contributed by atoms with Crippen LogP contribution in [-0.2, 0) is 10.8 Å². The molecule has 0 saturated heterocycles. The molecule has 23 heavy (non-hydrogen) atoms. The lowest BCUT2D eigenvalue weighted by Gasteiger charge is -2.10. The van der Waals surface area contributed by atoms with Crippen molar-refractivity contribution in [1.82, 2.24) is 19.7 Å². The summed E-state index contributed by atoms with van der Waals surface area (Å²) < 4.78 is 26.3. The molecule has 9 heteroatoms. The summed E-state index contributed by atoms with van der Waals surface area (Å²) in [5.74, 6) is -0.376. The predicted octanol–water partition coefficient (Wildman–Crippen LogP) is 2.15. The second kappa shape index (κ2) is 6.05. The van der Waals surface area contributed by atoms with Gasteiger partial charge in [-0.15, -0.1) is 0 Å². The lowest BCUT2D eigenvalue weighted by molar-refractivity contribution is 0.584. The van der Waals surface area contributed by atoms with Crippen LogP contribution in [0.1, 0.15) is 0 Å². The topological polar surface area (TPSA) is 80.6 Å². The van der Waals surface area contributed by atoms with E-state index in [1.807, 2.05) is 0 Å². The van der Waals surface area contributed by atoms with Gasteiger partial charge in [0.05, 0.1) is 21.4 Å². The molecule has 3 aromatic heterocycles. The Kier molecular flexibility index (Phi) is 4.10. The largest absolute Gasteiger partial charge is 0.283 e. The van der Waals surface area contributed by atoms with Gasteiger partial charge in [0.15, 0.2) is 5.82 Å². The lowest BCUT2D eigenvalue weighted by atomic mass is 10.2. The number of hydrogen-bond acceptors (Lipinski definition) is 4. The quantitative estimate of drug-likeness (QED) is 0.732. The van der Waals surface area contributed by atoms with Crippen LogP contribution in [0.25, 0.3) is 17.1 Å². The highest BCUT2D eigenvalue weighted by Gasteiger charge is 2.20. The Bertz CT molecular complexity index is 952. The molecule has 118 valence electrons. The van der Waals surface area contributed by atoms with Crippen molar-refractivity contribution < 1.29 is 8.60 Å². The third-order valence-electron chi connectivity index (χ3n) is 3.12. The summed E-state index contributed by atoms with van der Waals surface area (Å²) in [6.45, 7) is 0. The number of nitrogens with one attached hydrogen (secondary N) is 1. The zero-order valence-corrected chi connectivity index (χ0v) is 13.4. The molecule has 1 atom stereocenters. The summed E-state index contributed by atoms with van der Waals surface area (Å²) >= 11 is 6.08. The molecule has 3 rings (SSSR count). The number of aromatic amines is 1. The summed E-state index contributed by atoms with van der Waals surface area (Å²) in [4.78, 5) is 20.1. The zero-order chi connectivity index (χ0) is 16.6. The SMILES string of the molecule is CS(=O)c1cccnc1-n1[nH]c(=O)c(Cl)c1-c1ccc(F)nc1. The van der Waals surface area contributed by atoms with Gasteiger partial charge in [0.25, 0.3) is 5.56 Å². The number of aromatic nitrogens is 4. The Balaban J connectivity index is 2.30. The van der Waals surface area contributed by atoms with Gasteiger partial charge < -0.3 is 0 Å². The highest BCUT2D eigenvalue weighted by molar-refractivity contribution is 7.84. The van der Waals surface area contributed by atoms with Crippen molar-refractivity contribution in [3.05, 3.63) is 58.0 Å². The molecule has 0 amide bonds. The van der Waals surface area contributed by atoms with Crippen molar-refractivity contribution in [1.29, 1.82) is 0 Å². The fourth-order valence-electron chi connectivity index (χ4n) is 2.12. The summed E-state index contributed by atoms with van der Waals surface area (Å²) in [6, 6.07) is 5.88. The number of halogens is 2. The van der Waals surface area contributed by atoms with Gasteiger partial charge in [-0.3, -0.25) is 14.1 Å². The molecule has 0 aliphatic heterocycles. The van der Waals surface area contributed by atoms with Gasteiger partial charge in [-0.1, -0.05) is 11.6 Å². The first-order valence-corrected chi connectivity index (χ1v) is 8.34. The molecular weight excluding hydrogens is 343 g/mol. The highest BCUT2D eigenvalue weighted by atomic mass is 35.5. The zero-order valence-electron chi connectivity index (χ0n) is 11.8. The first-order valence-electron chi connectivity index (χ1n) is 6.40. The van der Waals surface area contributed by atoms with Gasteiger partial charge >= 0.3 is 0 Å². The minimum Gasteiger partial charge on any atom is -0.266 e. The Morgan fingerprint density at radius 2 is 2.09 bits per heavy atom. The normalized spacial score (nSPS) is 12.3. The highest BCUT2D eigenvalue weighted by Crippen LogP contribution is 2.28. The van der Waals surface area contributed by atoms with Crippen LogP contribution in [-0.4, -0.2) is 30.2 Å². The first kappa shape index (κ1) is 15.6. The summed E-state index contributed by atoms with van der Waals surface area (Å²) in [6.07, 6.45) is 4.26. The minimum absolute atomic E-state index is 0.0862. The van der Waals surface area contributed by atoms with E-state index in [4.69, 9.17) is 11.6 Å². The molecular formula is C14H10ClFN4O2S. The van der Waals surface area contributed by atoms with Crippen LogP contribution >= 0.6 is 11.6 Å². The molecule has 0 aliphatic rings. The Labute approximate surface area is 137 Å². The third-order valence-corrected chi connectivity index (χ3v) is 4.41. The lowest BCUT2D eigenvalue weighted by Crippen LogP contribution is -2.09. The molecule has 0 saturated carbocycles. The predicted molar refractivity (Wildman–Crippen MR) is 84.7 cm³/mol. The van der Waals surface area contributed by atoms with Crippen LogP contribution in [0.3, 0.4) is 0 Å². The van der Waals surface area contributed by atoms with Crippen LogP contribution in [0, 0.1) is 5.95 Å². The van der Waals surface area contributed by atoms with Gasteiger partial charge in [0.1, 0.15) is 5.02 Å². The van der Waals surface area contributed by atoms with E-state index in [0.29, 0.717) is 10.5 Å². The van der Waals surface area contributed by atoms with Gasteiger partial charge in [-0.05, 0) is 24.3 Å². The molecule has 0 aliphatic carbocycles. The molecule has 6 nitrogen and oxygen atoms in total. The molecule has 0 spiro atoms. The monoisotopic (exact) mass is 352 g/mol. The molecule has 3 heterocycles. The van der Waals surface area contributed by atoms with E-state index < -0.39 is 22.3 Å². The Morgan fingerprint density at radius 1 is 1.30 bits per heavy atom. The van der Waals surface area contributed by atoms with Crippen molar-refractivity contribution in [2.75, 3.05) is 6.26 Å². The molecule has 1 N–H and O–H groups in total. The molecule has 0 aromatic carbocycles. The van der Waals surface area contributed by atoms with Crippen molar-refractivity contribution in [2.24, 2.45) is 0 Å². The minimum atomic E-state index is -1.33. The van der Waals surface area contributed by atoms with E-state index in [1.165, 1.54) is 29.4 Å². The van der Waals surface area contributed by atoms with Crippen molar-refractivity contribution in [3.8, 4) is 17.1 Å². The van der Waals surface area contributed by atoms with E-state index >= 15 is 0 Å². The van der Waals surface area contributed by atoms with Crippen LogP contribution in [0.2, 0.25) is 5.02 Å². The molecule has 0 radical (unpaired) electrons. The van der Waals surface area contributed by atoms with E-state index in [2.05, 4.69) is 15.1 Å². The second-order valence-electron chi connectivity index (χ2n) is 4.59. The van der Waals surface area contributed by atoms with Crippen LogP contribution < -0.4 is 5.56 Å². The number of H-pyrrole nitrogens is 1. The third kappa shape index (κ3) is 2.82. The number of rotatable bonds is 3. The Morgan fingerprint density at radius 3 is 2.74 bits per heavy atom. The molecule has 3 aromatic rings. The van der Waals surface area contributed by atoms with Crippen molar-refractivity contribution >= 4 is 22.4 Å². The number of nitrogens with zero attached hydrogens (tertiary/aromatic N) is 3. The fourth-order valence-corrected chi connectivity index (χ4v) is 3.02. The van der Waals surface area contributed by atoms with E-state index in [-0.39, 0.29) is 16.5 Å². The second-order valence-corrected chi connectivity index (χ2v) is 6.31. The summed E-state index contributed by atoms with van der Waals surface area (Å²) in [5.41, 5.74) is 0.160. The molecule has 1 unspecified atom stereocenters. The average molecular weight is 353 g/mol. The van der Waals surface area contributed by atoms with Crippen molar-refractivity contribution in [3.63, 3.8) is 0 Å². The van der Waals surface area contributed by atoms with Crippen LogP contribution in [0.15, 0.2) is 46.3 Å². The maximum atomic E-state index is 13.0. The molecule has 0 bridgehead atoms. The average Bonchev–Trinajstić information content (AvgIpc) is 2.84. The van der Waals surface area contributed by atoms with E-state index in [0.717, 1.165) is 6.07 Å². The maximum absolute atomic E-state index is 13.0. The first-order chi connectivity index (χ1) is 11.0. The van der Waals surface area contributed by atoms with Gasteiger partial charge in [-0.25, -0.2) is 14.6 Å². The smallest absolute Gasteiger partial charge is 0.266 e. The van der Waals surface area contributed by atoms with Crippen molar-refractivity contribution in [2.45, 2.75) is 4.90 Å². The van der Waals surface area contributed by atoms with E-state index in [1.54, 1.807) is 12.1 Å². The Hall–Kier alpha value is -2.32.